The molecule has 9 heteroatoms. The largest absolute Gasteiger partial charge is 0.465 e. The second-order valence-electron chi connectivity index (χ2n) is 5.35. The number of pyridine rings is 1. The van der Waals surface area contributed by atoms with Gasteiger partial charge >= 0.3 is 12.1 Å². The minimum absolute atomic E-state index is 0.156. The molecule has 0 saturated heterocycles. The lowest BCUT2D eigenvalue weighted by Crippen LogP contribution is -2.31. The quantitative estimate of drug-likeness (QED) is 0.498. The molecule has 9 nitrogen and oxygen atoms in total. The third-order valence-electron chi connectivity index (χ3n) is 3.56. The molecule has 3 aromatic rings. The number of carbonyl (C=O) groups is 2. The summed E-state index contributed by atoms with van der Waals surface area (Å²) in [4.78, 5) is 26.9. The average molecular weight is 340 g/mol. The van der Waals surface area contributed by atoms with Crippen molar-refractivity contribution in [3.05, 3.63) is 48.2 Å². The van der Waals surface area contributed by atoms with E-state index in [0.29, 0.717) is 16.7 Å². The highest BCUT2D eigenvalue weighted by atomic mass is 16.4. The van der Waals surface area contributed by atoms with E-state index >= 15 is 0 Å². The van der Waals surface area contributed by atoms with Crippen LogP contribution in [0.3, 0.4) is 0 Å². The predicted molar refractivity (Wildman–Crippen MR) is 92.5 cm³/mol. The first-order valence-electron chi connectivity index (χ1n) is 7.49. The third kappa shape index (κ3) is 3.83. The van der Waals surface area contributed by atoms with Gasteiger partial charge in [-0.1, -0.05) is 30.3 Å². The van der Waals surface area contributed by atoms with Crippen LogP contribution >= 0.6 is 0 Å². The average Bonchev–Trinajstić information content (AvgIpc) is 2.97. The third-order valence-corrected chi connectivity index (χ3v) is 3.56. The first-order valence-corrected chi connectivity index (χ1v) is 7.49. The summed E-state index contributed by atoms with van der Waals surface area (Å²) in [6, 6.07) is 10.6. The molecule has 0 aliphatic carbocycles. The van der Waals surface area contributed by atoms with Crippen LogP contribution in [0.25, 0.3) is 10.9 Å². The van der Waals surface area contributed by atoms with Crippen molar-refractivity contribution in [2.45, 2.75) is 13.0 Å². The number of aromatic nitrogens is 3. The maximum Gasteiger partial charge on any atom is 0.410 e. The van der Waals surface area contributed by atoms with Gasteiger partial charge < -0.3 is 10.4 Å². The van der Waals surface area contributed by atoms with Gasteiger partial charge in [0.2, 0.25) is 0 Å². The molecule has 128 valence electrons. The van der Waals surface area contributed by atoms with E-state index in [2.05, 4.69) is 31.1 Å². The van der Waals surface area contributed by atoms with Crippen LogP contribution in [0.1, 0.15) is 18.5 Å². The summed E-state index contributed by atoms with van der Waals surface area (Å²) >= 11 is 0. The van der Waals surface area contributed by atoms with Crippen molar-refractivity contribution >= 4 is 34.7 Å². The van der Waals surface area contributed by atoms with Crippen LogP contribution in [0.15, 0.2) is 42.6 Å². The van der Waals surface area contributed by atoms with E-state index in [0.717, 1.165) is 5.56 Å². The fraction of sp³-hybridized carbons (Fsp3) is 0.125. The summed E-state index contributed by atoms with van der Waals surface area (Å²) in [5.74, 6) is 0.472. The highest BCUT2D eigenvalue weighted by Gasteiger charge is 2.12. The lowest BCUT2D eigenvalue weighted by atomic mass is 10.1. The molecule has 0 aliphatic rings. The van der Waals surface area contributed by atoms with Crippen LogP contribution in [0.2, 0.25) is 0 Å². The number of rotatable bonds is 4. The van der Waals surface area contributed by atoms with Crippen LogP contribution in [0.5, 0.6) is 0 Å². The summed E-state index contributed by atoms with van der Waals surface area (Å²) in [5, 5.41) is 23.4. The molecular weight excluding hydrogens is 324 g/mol. The second-order valence-corrected chi connectivity index (χ2v) is 5.35. The Hall–Kier alpha value is -3.62. The molecule has 0 saturated carbocycles. The Morgan fingerprint density at radius 1 is 1.20 bits per heavy atom. The molecule has 3 amide bonds. The molecule has 1 aromatic carbocycles. The van der Waals surface area contributed by atoms with Crippen LogP contribution in [-0.4, -0.2) is 32.4 Å². The van der Waals surface area contributed by atoms with Gasteiger partial charge in [-0.3, -0.25) is 15.7 Å². The number of aromatic amines is 1. The van der Waals surface area contributed by atoms with Gasteiger partial charge in [0.15, 0.2) is 5.82 Å². The molecule has 25 heavy (non-hydrogen) atoms. The van der Waals surface area contributed by atoms with E-state index in [-0.39, 0.29) is 11.9 Å². The Balaban J connectivity index is 1.68. The highest BCUT2D eigenvalue weighted by molar-refractivity contribution is 5.98. The SMILES string of the molecule is CC(NC(=O)Nc1cc2[nH]nc(NC(=O)O)c2cn1)c1ccccc1. The molecule has 3 rings (SSSR count). The number of anilines is 2. The standard InChI is InChI=1S/C16H16N6O3/c1-9(10-5-3-2-4-6-10)18-15(23)19-13-7-12-11(8-17-13)14(22-21-12)20-16(24)25/h2-9H,1H3,(H,24,25)(H2,20,21,22)(H2,17,18,19,23). The van der Waals surface area contributed by atoms with Crippen molar-refractivity contribution in [3.63, 3.8) is 0 Å². The Kier molecular flexibility index (Phi) is 4.46. The van der Waals surface area contributed by atoms with Crippen LogP contribution in [0.4, 0.5) is 21.2 Å². The van der Waals surface area contributed by atoms with Crippen molar-refractivity contribution in [3.8, 4) is 0 Å². The summed E-state index contributed by atoms with van der Waals surface area (Å²) in [7, 11) is 0. The summed E-state index contributed by atoms with van der Waals surface area (Å²) in [6.07, 6.45) is 0.213. The number of hydrogen-bond acceptors (Lipinski definition) is 4. The molecule has 0 bridgehead atoms. The molecule has 0 fully saturated rings. The minimum atomic E-state index is -1.22. The first-order chi connectivity index (χ1) is 12.0. The molecule has 2 heterocycles. The van der Waals surface area contributed by atoms with Gasteiger partial charge in [-0.25, -0.2) is 14.6 Å². The van der Waals surface area contributed by atoms with Gasteiger partial charge in [0.25, 0.3) is 0 Å². The van der Waals surface area contributed by atoms with Gasteiger partial charge in [-0.05, 0) is 12.5 Å². The van der Waals surface area contributed by atoms with Crippen molar-refractivity contribution < 1.29 is 14.7 Å². The molecule has 1 unspecified atom stereocenters. The Labute approximate surface area is 142 Å². The van der Waals surface area contributed by atoms with E-state index in [4.69, 9.17) is 5.11 Å². The number of hydrogen-bond donors (Lipinski definition) is 5. The zero-order valence-corrected chi connectivity index (χ0v) is 13.3. The Morgan fingerprint density at radius 2 is 1.96 bits per heavy atom. The zero-order chi connectivity index (χ0) is 17.8. The summed E-state index contributed by atoms with van der Waals surface area (Å²) in [6.45, 7) is 1.88. The number of H-pyrrole nitrogens is 1. The normalized spacial score (nSPS) is 11.7. The van der Waals surface area contributed by atoms with E-state index in [1.165, 1.54) is 6.20 Å². The highest BCUT2D eigenvalue weighted by Crippen LogP contribution is 2.21. The summed E-state index contributed by atoms with van der Waals surface area (Å²) in [5.41, 5.74) is 1.53. The van der Waals surface area contributed by atoms with Gasteiger partial charge in [0.1, 0.15) is 5.82 Å². The molecule has 5 N–H and O–H groups in total. The molecular formula is C16H16N6O3. The molecule has 0 aliphatic heterocycles. The van der Waals surface area contributed by atoms with Gasteiger partial charge in [0, 0.05) is 12.3 Å². The predicted octanol–water partition coefficient (Wildman–Crippen LogP) is 2.93. The van der Waals surface area contributed by atoms with Gasteiger partial charge in [-0.2, -0.15) is 5.10 Å². The monoisotopic (exact) mass is 340 g/mol. The maximum absolute atomic E-state index is 12.1. The number of fused-ring (bicyclic) bond motifs is 1. The van der Waals surface area contributed by atoms with Gasteiger partial charge in [-0.15, -0.1) is 0 Å². The number of benzene rings is 1. The van der Waals surface area contributed by atoms with E-state index in [9.17, 15) is 9.59 Å². The number of amides is 3. The number of carboxylic acid groups (broad SMARTS) is 1. The minimum Gasteiger partial charge on any atom is -0.465 e. The fourth-order valence-electron chi connectivity index (χ4n) is 2.35. The van der Waals surface area contributed by atoms with E-state index in [1.54, 1.807) is 6.07 Å². The number of nitrogens with one attached hydrogen (secondary N) is 4. The number of nitrogens with zero attached hydrogens (tertiary/aromatic N) is 2. The van der Waals surface area contributed by atoms with Crippen molar-refractivity contribution in [1.82, 2.24) is 20.5 Å². The number of urea groups is 1. The summed E-state index contributed by atoms with van der Waals surface area (Å²) < 4.78 is 0. The van der Waals surface area contributed by atoms with Crippen LogP contribution < -0.4 is 16.0 Å². The first kappa shape index (κ1) is 16.2. The van der Waals surface area contributed by atoms with Crippen molar-refractivity contribution in [1.29, 1.82) is 0 Å². The maximum atomic E-state index is 12.1. The second kappa shape index (κ2) is 6.87. The Morgan fingerprint density at radius 3 is 2.68 bits per heavy atom. The van der Waals surface area contributed by atoms with Crippen molar-refractivity contribution in [2.24, 2.45) is 0 Å². The van der Waals surface area contributed by atoms with Crippen LogP contribution in [0, 0.1) is 0 Å². The number of carbonyl (C=O) groups excluding carboxylic acids is 1. The lowest BCUT2D eigenvalue weighted by molar-refractivity contribution is 0.209. The molecule has 0 radical (unpaired) electrons. The fourth-order valence-corrected chi connectivity index (χ4v) is 2.35. The van der Waals surface area contributed by atoms with Crippen LogP contribution in [-0.2, 0) is 0 Å². The lowest BCUT2D eigenvalue weighted by Gasteiger charge is -2.14. The van der Waals surface area contributed by atoms with Gasteiger partial charge in [0.05, 0.1) is 16.9 Å². The van der Waals surface area contributed by atoms with E-state index in [1.807, 2.05) is 37.3 Å². The zero-order valence-electron chi connectivity index (χ0n) is 13.3. The molecule has 2 aromatic heterocycles. The molecule has 1 atom stereocenters. The molecule has 0 spiro atoms. The Bertz CT molecular complexity index is 909. The van der Waals surface area contributed by atoms with Crippen molar-refractivity contribution in [2.75, 3.05) is 10.6 Å². The topological polar surface area (TPSA) is 132 Å². The van der Waals surface area contributed by atoms with E-state index < -0.39 is 12.1 Å². The smallest absolute Gasteiger partial charge is 0.410 e.